The van der Waals surface area contributed by atoms with E-state index in [4.69, 9.17) is 0 Å². The number of thioether (sulfide) groups is 1. The van der Waals surface area contributed by atoms with Crippen LogP contribution in [0.3, 0.4) is 0 Å². The largest absolute Gasteiger partial charge is 0.229 e. The predicted octanol–water partition coefficient (Wildman–Crippen LogP) is 1.55. The first-order valence-electron chi connectivity index (χ1n) is 4.51. The fourth-order valence-electron chi connectivity index (χ4n) is 2.14. The summed E-state index contributed by atoms with van der Waals surface area (Å²) < 4.78 is 22.6. The standard InChI is InChI=1S/C8H13BrO2S2/c9-8-4-12-3-7(8)6-1-2-13(10,11)5-6/h6-8H,1-5H2. The lowest BCUT2D eigenvalue weighted by Crippen LogP contribution is -2.23. The van der Waals surface area contributed by atoms with Crippen molar-refractivity contribution >= 4 is 37.5 Å². The van der Waals surface area contributed by atoms with Crippen LogP contribution in [0, 0.1) is 11.8 Å². The van der Waals surface area contributed by atoms with Gasteiger partial charge in [-0.15, -0.1) is 0 Å². The van der Waals surface area contributed by atoms with Gasteiger partial charge in [-0.1, -0.05) is 15.9 Å². The maximum absolute atomic E-state index is 11.3. The molecule has 0 aliphatic carbocycles. The van der Waals surface area contributed by atoms with Crippen molar-refractivity contribution in [2.24, 2.45) is 11.8 Å². The van der Waals surface area contributed by atoms with E-state index in [1.54, 1.807) is 0 Å². The summed E-state index contributed by atoms with van der Waals surface area (Å²) in [7, 11) is -2.69. The molecule has 0 aromatic heterocycles. The van der Waals surface area contributed by atoms with Crippen molar-refractivity contribution < 1.29 is 8.42 Å². The highest BCUT2D eigenvalue weighted by atomic mass is 79.9. The molecular weight excluding hydrogens is 272 g/mol. The first-order valence-corrected chi connectivity index (χ1v) is 8.40. The van der Waals surface area contributed by atoms with E-state index in [0.717, 1.165) is 17.9 Å². The Labute approximate surface area is 91.9 Å². The van der Waals surface area contributed by atoms with Crippen molar-refractivity contribution in [3.05, 3.63) is 0 Å². The van der Waals surface area contributed by atoms with Crippen molar-refractivity contribution in [2.75, 3.05) is 23.0 Å². The summed E-state index contributed by atoms with van der Waals surface area (Å²) in [5.74, 6) is 4.13. The van der Waals surface area contributed by atoms with E-state index in [9.17, 15) is 8.42 Å². The van der Waals surface area contributed by atoms with Crippen molar-refractivity contribution in [3.63, 3.8) is 0 Å². The fourth-order valence-corrected chi connectivity index (χ4v) is 6.84. The van der Waals surface area contributed by atoms with Gasteiger partial charge in [0, 0.05) is 10.6 Å². The topological polar surface area (TPSA) is 34.1 Å². The second kappa shape index (κ2) is 3.74. The highest BCUT2D eigenvalue weighted by Crippen LogP contribution is 2.39. The van der Waals surface area contributed by atoms with Crippen LogP contribution >= 0.6 is 27.7 Å². The fraction of sp³-hybridized carbons (Fsp3) is 1.00. The van der Waals surface area contributed by atoms with Crippen molar-refractivity contribution in [2.45, 2.75) is 11.2 Å². The number of hydrogen-bond donors (Lipinski definition) is 0. The normalized spacial score (nSPS) is 43.9. The van der Waals surface area contributed by atoms with Gasteiger partial charge in [0.1, 0.15) is 0 Å². The lowest BCUT2D eigenvalue weighted by Gasteiger charge is -2.18. The van der Waals surface area contributed by atoms with Crippen LogP contribution in [0.25, 0.3) is 0 Å². The number of sulfone groups is 1. The molecule has 2 heterocycles. The summed E-state index contributed by atoms with van der Waals surface area (Å²) in [5, 5.41) is 0. The van der Waals surface area contributed by atoms with Gasteiger partial charge in [0.25, 0.3) is 0 Å². The van der Waals surface area contributed by atoms with Crippen LogP contribution in [-0.2, 0) is 9.84 Å². The molecule has 76 valence electrons. The van der Waals surface area contributed by atoms with E-state index in [1.807, 2.05) is 11.8 Å². The van der Waals surface area contributed by atoms with Gasteiger partial charge in [0.15, 0.2) is 9.84 Å². The number of rotatable bonds is 1. The molecular formula is C8H13BrO2S2. The van der Waals surface area contributed by atoms with Gasteiger partial charge in [-0.05, 0) is 24.0 Å². The Kier molecular flexibility index (Phi) is 2.96. The Hall–Kier alpha value is 0.780. The van der Waals surface area contributed by atoms with Crippen molar-refractivity contribution in [1.82, 2.24) is 0 Å². The summed E-state index contributed by atoms with van der Waals surface area (Å²) in [4.78, 5) is 0.538. The van der Waals surface area contributed by atoms with E-state index in [2.05, 4.69) is 15.9 Å². The summed E-state index contributed by atoms with van der Waals surface area (Å²) in [6, 6.07) is 0. The second-order valence-electron chi connectivity index (χ2n) is 3.88. The summed E-state index contributed by atoms with van der Waals surface area (Å²) >= 11 is 5.57. The van der Waals surface area contributed by atoms with Crippen molar-refractivity contribution in [3.8, 4) is 0 Å². The quantitative estimate of drug-likeness (QED) is 0.685. The van der Waals surface area contributed by atoms with Gasteiger partial charge in [0.05, 0.1) is 11.5 Å². The molecule has 3 atom stereocenters. The van der Waals surface area contributed by atoms with Gasteiger partial charge in [-0.2, -0.15) is 11.8 Å². The predicted molar refractivity (Wildman–Crippen MR) is 60.3 cm³/mol. The van der Waals surface area contributed by atoms with Crippen LogP contribution < -0.4 is 0 Å². The van der Waals surface area contributed by atoms with Crippen LogP contribution in [0.5, 0.6) is 0 Å². The third-order valence-corrected chi connectivity index (χ3v) is 7.37. The molecule has 0 spiro atoms. The molecule has 2 saturated heterocycles. The molecule has 0 aromatic rings. The van der Waals surface area contributed by atoms with Gasteiger partial charge in [-0.3, -0.25) is 0 Å². The monoisotopic (exact) mass is 284 g/mol. The number of alkyl halides is 1. The summed E-state index contributed by atoms with van der Waals surface area (Å²) in [6.45, 7) is 0. The third-order valence-electron chi connectivity index (χ3n) is 2.93. The SMILES string of the molecule is O=S1(=O)CCC(C2CSCC2Br)C1. The average molecular weight is 285 g/mol. The number of hydrogen-bond acceptors (Lipinski definition) is 3. The third kappa shape index (κ3) is 2.23. The lowest BCUT2D eigenvalue weighted by molar-refractivity contribution is 0.416. The molecule has 2 rings (SSSR count). The summed E-state index contributed by atoms with van der Waals surface area (Å²) in [6.07, 6.45) is 0.885. The Morgan fingerprint density at radius 1 is 1.31 bits per heavy atom. The van der Waals surface area contributed by atoms with E-state index in [1.165, 1.54) is 0 Å². The average Bonchev–Trinajstić information content (AvgIpc) is 2.56. The summed E-state index contributed by atoms with van der Waals surface area (Å²) in [5.41, 5.74) is 0. The highest BCUT2D eigenvalue weighted by Gasteiger charge is 2.38. The van der Waals surface area contributed by atoms with Gasteiger partial charge in [-0.25, -0.2) is 8.42 Å². The molecule has 0 bridgehead atoms. The molecule has 5 heteroatoms. The Balaban J connectivity index is 2.03. The minimum absolute atomic E-state index is 0.415. The lowest BCUT2D eigenvalue weighted by atomic mass is 9.91. The molecule has 2 aliphatic heterocycles. The van der Waals surface area contributed by atoms with Crippen LogP contribution in [0.2, 0.25) is 0 Å². The Bertz CT molecular complexity index is 289. The molecule has 0 aromatic carbocycles. The molecule has 2 aliphatic rings. The van der Waals surface area contributed by atoms with E-state index >= 15 is 0 Å². The first kappa shape index (κ1) is 10.3. The van der Waals surface area contributed by atoms with Crippen LogP contribution in [0.4, 0.5) is 0 Å². The highest BCUT2D eigenvalue weighted by molar-refractivity contribution is 9.09. The molecule has 0 amide bonds. The van der Waals surface area contributed by atoms with E-state index < -0.39 is 9.84 Å². The molecule has 2 nitrogen and oxygen atoms in total. The number of halogens is 1. The van der Waals surface area contributed by atoms with Crippen molar-refractivity contribution in [1.29, 1.82) is 0 Å². The zero-order valence-electron chi connectivity index (χ0n) is 7.28. The van der Waals surface area contributed by atoms with Crippen LogP contribution in [0.15, 0.2) is 0 Å². The van der Waals surface area contributed by atoms with Crippen LogP contribution in [0.1, 0.15) is 6.42 Å². The van der Waals surface area contributed by atoms with E-state index in [-0.39, 0.29) is 0 Å². The molecule has 0 radical (unpaired) electrons. The Morgan fingerprint density at radius 2 is 2.08 bits per heavy atom. The van der Waals surface area contributed by atoms with E-state index in [0.29, 0.717) is 28.2 Å². The Morgan fingerprint density at radius 3 is 2.54 bits per heavy atom. The van der Waals surface area contributed by atoms with Gasteiger partial charge >= 0.3 is 0 Å². The van der Waals surface area contributed by atoms with Gasteiger partial charge in [0.2, 0.25) is 0 Å². The smallest absolute Gasteiger partial charge is 0.150 e. The van der Waals surface area contributed by atoms with Gasteiger partial charge < -0.3 is 0 Å². The minimum atomic E-state index is -2.69. The van der Waals surface area contributed by atoms with Crippen LogP contribution in [-0.4, -0.2) is 36.3 Å². The minimum Gasteiger partial charge on any atom is -0.229 e. The maximum Gasteiger partial charge on any atom is 0.150 e. The molecule has 3 unspecified atom stereocenters. The maximum atomic E-state index is 11.3. The molecule has 13 heavy (non-hydrogen) atoms. The molecule has 2 fully saturated rings. The first-order chi connectivity index (χ1) is 6.08. The molecule has 0 saturated carbocycles. The second-order valence-corrected chi connectivity index (χ2v) is 8.36. The zero-order chi connectivity index (χ0) is 9.47. The molecule has 0 N–H and O–H groups in total. The zero-order valence-corrected chi connectivity index (χ0v) is 10.5.